The van der Waals surface area contributed by atoms with E-state index in [1.165, 1.54) is 12.1 Å². The maximum Gasteiger partial charge on any atom is 0.310 e. The number of amides is 1. The maximum absolute atomic E-state index is 12.6. The van der Waals surface area contributed by atoms with Crippen LogP contribution in [0.2, 0.25) is 0 Å². The minimum Gasteiger partial charge on any atom is -0.474 e. The van der Waals surface area contributed by atoms with Crippen molar-refractivity contribution in [3.8, 4) is 5.75 Å². The van der Waals surface area contributed by atoms with Gasteiger partial charge < -0.3 is 9.64 Å². The zero-order valence-corrected chi connectivity index (χ0v) is 12.6. The first kappa shape index (κ1) is 15.0. The van der Waals surface area contributed by atoms with Crippen LogP contribution in [0.25, 0.3) is 0 Å². The van der Waals surface area contributed by atoms with Gasteiger partial charge in [-0.05, 0) is 31.0 Å². The van der Waals surface area contributed by atoms with Crippen LogP contribution in [0.15, 0.2) is 48.5 Å². The molecule has 0 radical (unpaired) electrons. The fourth-order valence-corrected chi connectivity index (χ4v) is 2.74. The number of nitro benzene ring substituents is 1. The topological polar surface area (TPSA) is 72.7 Å². The molecule has 0 saturated carbocycles. The summed E-state index contributed by atoms with van der Waals surface area (Å²) in [6.45, 7) is 2.21. The summed E-state index contributed by atoms with van der Waals surface area (Å²) in [5.74, 6) is -0.0982. The molecule has 0 aliphatic carbocycles. The molecule has 118 valence electrons. The lowest BCUT2D eigenvalue weighted by atomic mass is 10.2. The molecule has 1 heterocycles. The molecule has 1 aliphatic rings. The van der Waals surface area contributed by atoms with Crippen LogP contribution in [0, 0.1) is 10.1 Å². The number of para-hydroxylation sites is 3. The van der Waals surface area contributed by atoms with E-state index in [9.17, 15) is 14.9 Å². The number of anilines is 1. The van der Waals surface area contributed by atoms with Crippen LogP contribution < -0.4 is 9.64 Å². The summed E-state index contributed by atoms with van der Waals surface area (Å²) in [7, 11) is 0. The van der Waals surface area contributed by atoms with E-state index in [0.717, 1.165) is 17.7 Å². The van der Waals surface area contributed by atoms with Gasteiger partial charge in [0.1, 0.15) is 0 Å². The number of carbonyl (C=O) groups excluding carboxylic acids is 1. The van der Waals surface area contributed by atoms with Gasteiger partial charge >= 0.3 is 5.69 Å². The van der Waals surface area contributed by atoms with E-state index in [0.29, 0.717) is 6.54 Å². The minimum atomic E-state index is -0.803. The van der Waals surface area contributed by atoms with E-state index in [1.807, 2.05) is 24.3 Å². The van der Waals surface area contributed by atoms with E-state index in [2.05, 4.69) is 0 Å². The predicted molar refractivity (Wildman–Crippen MR) is 85.7 cm³/mol. The van der Waals surface area contributed by atoms with Crippen LogP contribution in [0.4, 0.5) is 11.4 Å². The van der Waals surface area contributed by atoms with Crippen molar-refractivity contribution in [1.29, 1.82) is 0 Å². The van der Waals surface area contributed by atoms with Crippen LogP contribution in [0.3, 0.4) is 0 Å². The fourth-order valence-electron chi connectivity index (χ4n) is 2.74. The van der Waals surface area contributed by atoms with Crippen molar-refractivity contribution >= 4 is 17.3 Å². The lowest BCUT2D eigenvalue weighted by Gasteiger charge is -2.22. The predicted octanol–water partition coefficient (Wildman–Crippen LogP) is 2.95. The molecule has 23 heavy (non-hydrogen) atoms. The molecule has 6 heteroatoms. The van der Waals surface area contributed by atoms with Gasteiger partial charge in [-0.2, -0.15) is 0 Å². The smallest absolute Gasteiger partial charge is 0.310 e. The number of nitrogens with zero attached hydrogens (tertiary/aromatic N) is 2. The van der Waals surface area contributed by atoms with Crippen molar-refractivity contribution in [1.82, 2.24) is 0 Å². The lowest BCUT2D eigenvalue weighted by molar-refractivity contribution is -0.386. The van der Waals surface area contributed by atoms with E-state index >= 15 is 0 Å². The molecule has 0 aromatic heterocycles. The summed E-state index contributed by atoms with van der Waals surface area (Å²) in [6, 6.07) is 13.8. The van der Waals surface area contributed by atoms with Crippen molar-refractivity contribution in [2.24, 2.45) is 0 Å². The SMILES string of the molecule is C[C@H](Oc1ccccc1[N+](=O)[O-])C(=O)N1CCc2ccccc21. The summed E-state index contributed by atoms with van der Waals surface area (Å²) in [5, 5.41) is 11.0. The van der Waals surface area contributed by atoms with E-state index in [4.69, 9.17) is 4.74 Å². The third kappa shape index (κ3) is 2.88. The number of hydrogen-bond acceptors (Lipinski definition) is 4. The van der Waals surface area contributed by atoms with Crippen molar-refractivity contribution in [2.75, 3.05) is 11.4 Å². The van der Waals surface area contributed by atoms with Gasteiger partial charge in [-0.3, -0.25) is 14.9 Å². The summed E-state index contributed by atoms with van der Waals surface area (Å²) in [6.07, 6.45) is 0.00221. The van der Waals surface area contributed by atoms with Gasteiger partial charge in [0.05, 0.1) is 4.92 Å². The Morgan fingerprint density at radius 1 is 1.22 bits per heavy atom. The Balaban J connectivity index is 1.78. The highest BCUT2D eigenvalue weighted by Crippen LogP contribution is 2.30. The van der Waals surface area contributed by atoms with Crippen LogP contribution in [0.1, 0.15) is 12.5 Å². The monoisotopic (exact) mass is 312 g/mol. The molecule has 2 aromatic carbocycles. The molecule has 1 aliphatic heterocycles. The second-order valence-electron chi connectivity index (χ2n) is 5.35. The number of rotatable bonds is 4. The van der Waals surface area contributed by atoms with Gasteiger partial charge in [-0.1, -0.05) is 30.3 Å². The first-order chi connectivity index (χ1) is 11.1. The Hall–Kier alpha value is -2.89. The molecule has 0 saturated heterocycles. The Kier molecular flexibility index (Phi) is 3.97. The van der Waals surface area contributed by atoms with Crippen molar-refractivity contribution < 1.29 is 14.5 Å². The first-order valence-electron chi connectivity index (χ1n) is 7.37. The molecule has 1 atom stereocenters. The standard InChI is InChI=1S/C17H16N2O4/c1-12(23-16-9-5-4-8-15(16)19(21)22)17(20)18-11-10-13-6-2-3-7-14(13)18/h2-9,12H,10-11H2,1H3/t12-/m0/s1. The van der Waals surface area contributed by atoms with Gasteiger partial charge in [-0.25, -0.2) is 0 Å². The number of fused-ring (bicyclic) bond motifs is 1. The third-order valence-corrected chi connectivity index (χ3v) is 3.87. The van der Waals surface area contributed by atoms with E-state index < -0.39 is 11.0 Å². The highest BCUT2D eigenvalue weighted by atomic mass is 16.6. The Morgan fingerprint density at radius 2 is 1.91 bits per heavy atom. The second kappa shape index (κ2) is 6.08. The molecule has 3 rings (SSSR count). The van der Waals surface area contributed by atoms with Crippen molar-refractivity contribution in [2.45, 2.75) is 19.4 Å². The molecular weight excluding hydrogens is 296 g/mol. The molecule has 0 unspecified atom stereocenters. The van der Waals surface area contributed by atoms with Crippen LogP contribution in [-0.2, 0) is 11.2 Å². The number of carbonyl (C=O) groups is 1. The van der Waals surface area contributed by atoms with E-state index in [-0.39, 0.29) is 17.3 Å². The largest absolute Gasteiger partial charge is 0.474 e. The highest BCUT2D eigenvalue weighted by molar-refractivity contribution is 5.98. The summed E-state index contributed by atoms with van der Waals surface area (Å²) < 4.78 is 5.56. The normalized spacial score (nSPS) is 14.2. The van der Waals surface area contributed by atoms with E-state index in [1.54, 1.807) is 24.0 Å². The molecule has 0 bridgehead atoms. The first-order valence-corrected chi connectivity index (χ1v) is 7.37. The van der Waals surface area contributed by atoms with Gasteiger partial charge in [-0.15, -0.1) is 0 Å². The number of hydrogen-bond donors (Lipinski definition) is 0. The van der Waals surface area contributed by atoms with Crippen LogP contribution >= 0.6 is 0 Å². The molecule has 2 aromatic rings. The number of benzene rings is 2. The van der Waals surface area contributed by atoms with Crippen LogP contribution in [0.5, 0.6) is 5.75 Å². The highest BCUT2D eigenvalue weighted by Gasteiger charge is 2.29. The third-order valence-electron chi connectivity index (χ3n) is 3.87. The van der Waals surface area contributed by atoms with Gasteiger partial charge in [0.25, 0.3) is 5.91 Å². The zero-order chi connectivity index (χ0) is 16.4. The molecule has 6 nitrogen and oxygen atoms in total. The van der Waals surface area contributed by atoms with Gasteiger partial charge in [0.15, 0.2) is 11.9 Å². The maximum atomic E-state index is 12.6. The molecule has 0 spiro atoms. The quantitative estimate of drug-likeness (QED) is 0.642. The fraction of sp³-hybridized carbons (Fsp3) is 0.235. The van der Waals surface area contributed by atoms with Crippen molar-refractivity contribution in [3.05, 3.63) is 64.2 Å². The molecule has 0 N–H and O–H groups in total. The molecule has 1 amide bonds. The average Bonchev–Trinajstić information content (AvgIpc) is 2.98. The Morgan fingerprint density at radius 3 is 2.70 bits per heavy atom. The molecular formula is C17H16N2O4. The zero-order valence-electron chi connectivity index (χ0n) is 12.6. The van der Waals surface area contributed by atoms with Gasteiger partial charge in [0.2, 0.25) is 0 Å². The summed E-state index contributed by atoms with van der Waals surface area (Å²) in [5.41, 5.74) is 1.86. The Bertz CT molecular complexity index is 760. The number of ether oxygens (including phenoxy) is 1. The number of nitro groups is 1. The average molecular weight is 312 g/mol. The van der Waals surface area contributed by atoms with Gasteiger partial charge in [0, 0.05) is 18.3 Å². The second-order valence-corrected chi connectivity index (χ2v) is 5.35. The molecule has 0 fully saturated rings. The summed E-state index contributed by atoms with van der Waals surface area (Å²) >= 11 is 0. The lowest BCUT2D eigenvalue weighted by Crippen LogP contribution is -2.39. The summed E-state index contributed by atoms with van der Waals surface area (Å²) in [4.78, 5) is 24.8. The van der Waals surface area contributed by atoms with Crippen molar-refractivity contribution in [3.63, 3.8) is 0 Å². The van der Waals surface area contributed by atoms with Crippen LogP contribution in [-0.4, -0.2) is 23.5 Å². The Labute approximate surface area is 133 Å². The minimum absolute atomic E-state index is 0.103.